The Hall–Kier alpha value is -1.75. The smallest absolute Gasteiger partial charge is 0.140 e. The number of phenols is 1. The van der Waals surface area contributed by atoms with E-state index in [1.54, 1.807) is 24.4 Å². The van der Waals surface area contributed by atoms with Crippen LogP contribution in [0.4, 0.5) is 11.5 Å². The van der Waals surface area contributed by atoms with Gasteiger partial charge in [-0.05, 0) is 52.7 Å². The van der Waals surface area contributed by atoms with Gasteiger partial charge in [-0.3, -0.25) is 0 Å². The maximum absolute atomic E-state index is 9.70. The van der Waals surface area contributed by atoms with Gasteiger partial charge in [0.1, 0.15) is 11.6 Å². The molecule has 0 aliphatic carbocycles. The van der Waals surface area contributed by atoms with Crippen molar-refractivity contribution < 1.29 is 5.11 Å². The lowest BCUT2D eigenvalue weighted by molar-refractivity contribution is 0.469. The average molecular weight is 308 g/mol. The number of nitrogens with two attached hydrogens (primary N) is 1. The zero-order valence-electron chi connectivity index (χ0n) is 9.94. The molecular weight excluding hydrogens is 294 g/mol. The summed E-state index contributed by atoms with van der Waals surface area (Å²) in [6.07, 6.45) is 1.78. The third-order valence-corrected chi connectivity index (χ3v) is 3.13. The first kappa shape index (κ1) is 12.7. The molecule has 2 aromatic rings. The Labute approximate surface area is 114 Å². The lowest BCUT2D eigenvalue weighted by atomic mass is 10.2. The van der Waals surface area contributed by atoms with E-state index >= 15 is 0 Å². The molecule has 1 aromatic heterocycles. The van der Waals surface area contributed by atoms with Crippen LogP contribution in [0.25, 0.3) is 0 Å². The summed E-state index contributed by atoms with van der Waals surface area (Å²) in [5.41, 5.74) is 8.13. The van der Waals surface area contributed by atoms with Gasteiger partial charge in [0.15, 0.2) is 0 Å². The molecule has 4 nitrogen and oxygen atoms in total. The van der Waals surface area contributed by atoms with Gasteiger partial charge in [0.25, 0.3) is 0 Å². The number of benzene rings is 1. The van der Waals surface area contributed by atoms with E-state index in [4.69, 9.17) is 5.73 Å². The SMILES string of the molecule is Cc1cnc(NCc2cc(N)ccc2O)c(Br)c1. The molecule has 94 valence electrons. The van der Waals surface area contributed by atoms with Crippen LogP contribution in [0.15, 0.2) is 34.9 Å². The number of hydrogen-bond donors (Lipinski definition) is 3. The van der Waals surface area contributed by atoms with Crippen LogP contribution in [0, 0.1) is 6.92 Å². The standard InChI is InChI=1S/C13H14BrN3O/c1-8-4-11(14)13(16-6-8)17-7-9-5-10(15)2-3-12(9)18/h2-6,18H,7,15H2,1H3,(H,16,17). The van der Waals surface area contributed by atoms with Crippen LogP contribution >= 0.6 is 15.9 Å². The van der Waals surface area contributed by atoms with E-state index in [0.29, 0.717) is 12.2 Å². The van der Waals surface area contributed by atoms with Crippen molar-refractivity contribution >= 4 is 27.4 Å². The molecule has 1 heterocycles. The molecule has 0 spiro atoms. The average Bonchev–Trinajstić information content (AvgIpc) is 2.32. The molecule has 0 radical (unpaired) electrons. The maximum atomic E-state index is 9.70. The van der Waals surface area contributed by atoms with Gasteiger partial charge >= 0.3 is 0 Å². The normalized spacial score (nSPS) is 10.3. The quantitative estimate of drug-likeness (QED) is 0.602. The van der Waals surface area contributed by atoms with Crippen LogP contribution in [-0.4, -0.2) is 10.1 Å². The molecule has 0 aliphatic rings. The van der Waals surface area contributed by atoms with E-state index < -0.39 is 0 Å². The number of aromatic nitrogens is 1. The lowest BCUT2D eigenvalue weighted by Crippen LogP contribution is -2.03. The Morgan fingerprint density at radius 3 is 2.89 bits per heavy atom. The van der Waals surface area contributed by atoms with Gasteiger partial charge in [0, 0.05) is 24.0 Å². The number of anilines is 2. The molecule has 0 bridgehead atoms. The Morgan fingerprint density at radius 2 is 2.17 bits per heavy atom. The van der Waals surface area contributed by atoms with Crippen LogP contribution in [0.3, 0.4) is 0 Å². The number of phenolic OH excluding ortho intramolecular Hbond substituents is 1. The number of nitrogens with one attached hydrogen (secondary N) is 1. The van der Waals surface area contributed by atoms with Gasteiger partial charge in [-0.15, -0.1) is 0 Å². The van der Waals surface area contributed by atoms with Gasteiger partial charge in [-0.2, -0.15) is 0 Å². The molecule has 0 fully saturated rings. The Morgan fingerprint density at radius 1 is 1.39 bits per heavy atom. The van der Waals surface area contributed by atoms with Crippen molar-refractivity contribution in [3.63, 3.8) is 0 Å². The number of aromatic hydroxyl groups is 1. The summed E-state index contributed by atoms with van der Waals surface area (Å²) >= 11 is 3.44. The van der Waals surface area contributed by atoms with Crippen molar-refractivity contribution in [1.82, 2.24) is 4.98 Å². The van der Waals surface area contributed by atoms with Crippen molar-refractivity contribution in [2.45, 2.75) is 13.5 Å². The topological polar surface area (TPSA) is 71.2 Å². The van der Waals surface area contributed by atoms with E-state index in [1.165, 1.54) is 0 Å². The molecule has 18 heavy (non-hydrogen) atoms. The molecule has 0 amide bonds. The molecule has 0 atom stereocenters. The minimum absolute atomic E-state index is 0.222. The third kappa shape index (κ3) is 2.92. The highest BCUT2D eigenvalue weighted by Gasteiger charge is 2.04. The van der Waals surface area contributed by atoms with Gasteiger partial charge in [0.2, 0.25) is 0 Å². The number of halogens is 1. The lowest BCUT2D eigenvalue weighted by Gasteiger charge is -2.10. The first-order valence-corrected chi connectivity index (χ1v) is 6.29. The van der Waals surface area contributed by atoms with E-state index in [-0.39, 0.29) is 5.75 Å². The van der Waals surface area contributed by atoms with Crippen molar-refractivity contribution in [3.05, 3.63) is 46.1 Å². The van der Waals surface area contributed by atoms with E-state index in [9.17, 15) is 5.11 Å². The maximum Gasteiger partial charge on any atom is 0.140 e. The number of rotatable bonds is 3. The van der Waals surface area contributed by atoms with Crippen LogP contribution in [0.5, 0.6) is 5.75 Å². The van der Waals surface area contributed by atoms with Crippen molar-refractivity contribution in [3.8, 4) is 5.75 Å². The highest BCUT2D eigenvalue weighted by molar-refractivity contribution is 9.10. The number of pyridine rings is 1. The predicted octanol–water partition coefficient (Wildman–Crippen LogP) is 3.05. The number of hydrogen-bond acceptors (Lipinski definition) is 4. The summed E-state index contributed by atoms with van der Waals surface area (Å²) < 4.78 is 0.894. The van der Waals surface area contributed by atoms with Crippen molar-refractivity contribution in [2.24, 2.45) is 0 Å². The molecule has 5 heteroatoms. The van der Waals surface area contributed by atoms with Gasteiger partial charge in [-0.1, -0.05) is 0 Å². The van der Waals surface area contributed by atoms with E-state index in [1.807, 2.05) is 13.0 Å². The molecule has 0 aliphatic heterocycles. The van der Waals surface area contributed by atoms with Crippen LogP contribution < -0.4 is 11.1 Å². The third-order valence-electron chi connectivity index (χ3n) is 2.53. The van der Waals surface area contributed by atoms with Gasteiger partial charge in [-0.25, -0.2) is 4.98 Å². The fourth-order valence-corrected chi connectivity index (χ4v) is 2.19. The minimum atomic E-state index is 0.222. The molecule has 2 rings (SSSR count). The van der Waals surface area contributed by atoms with E-state index in [0.717, 1.165) is 21.4 Å². The van der Waals surface area contributed by atoms with Crippen LogP contribution in [-0.2, 0) is 6.54 Å². The summed E-state index contributed by atoms with van der Waals surface area (Å²) in [6.45, 7) is 2.44. The fraction of sp³-hybridized carbons (Fsp3) is 0.154. The van der Waals surface area contributed by atoms with Crippen LogP contribution in [0.2, 0.25) is 0 Å². The number of nitrogen functional groups attached to an aromatic ring is 1. The summed E-state index contributed by atoms with van der Waals surface area (Å²) in [7, 11) is 0. The molecule has 1 aromatic carbocycles. The van der Waals surface area contributed by atoms with Gasteiger partial charge < -0.3 is 16.2 Å². The van der Waals surface area contributed by atoms with Crippen LogP contribution in [0.1, 0.15) is 11.1 Å². The van der Waals surface area contributed by atoms with Crippen molar-refractivity contribution in [2.75, 3.05) is 11.1 Å². The summed E-state index contributed by atoms with van der Waals surface area (Å²) in [6, 6.07) is 6.97. The Kier molecular flexibility index (Phi) is 3.72. The summed E-state index contributed by atoms with van der Waals surface area (Å²) in [4.78, 5) is 4.27. The molecular formula is C13H14BrN3O. The first-order valence-electron chi connectivity index (χ1n) is 5.49. The molecule has 4 N–H and O–H groups in total. The molecule has 0 saturated heterocycles. The largest absolute Gasteiger partial charge is 0.508 e. The monoisotopic (exact) mass is 307 g/mol. The molecule has 0 saturated carbocycles. The predicted molar refractivity (Wildman–Crippen MR) is 76.5 cm³/mol. The van der Waals surface area contributed by atoms with E-state index in [2.05, 4.69) is 26.2 Å². The summed E-state index contributed by atoms with van der Waals surface area (Å²) in [5.74, 6) is 0.961. The Balaban J connectivity index is 2.13. The molecule has 0 unspecified atom stereocenters. The number of nitrogens with zero attached hydrogens (tertiary/aromatic N) is 1. The second-order valence-electron chi connectivity index (χ2n) is 4.08. The fourth-order valence-electron chi connectivity index (χ4n) is 1.59. The van der Waals surface area contributed by atoms with Gasteiger partial charge in [0.05, 0.1) is 4.47 Å². The highest BCUT2D eigenvalue weighted by atomic mass is 79.9. The Bertz CT molecular complexity index is 572. The highest BCUT2D eigenvalue weighted by Crippen LogP contribution is 2.24. The number of aryl methyl sites for hydroxylation is 1. The zero-order valence-corrected chi connectivity index (χ0v) is 11.5. The second kappa shape index (κ2) is 5.27. The zero-order chi connectivity index (χ0) is 13.1. The first-order chi connectivity index (χ1) is 8.56. The minimum Gasteiger partial charge on any atom is -0.508 e. The summed E-state index contributed by atoms with van der Waals surface area (Å²) in [5, 5.41) is 12.8. The van der Waals surface area contributed by atoms with Crippen molar-refractivity contribution in [1.29, 1.82) is 0 Å². The second-order valence-corrected chi connectivity index (χ2v) is 4.94.